The Balaban J connectivity index is 1.85. The van der Waals surface area contributed by atoms with Crippen molar-refractivity contribution in [1.29, 1.82) is 0 Å². The van der Waals surface area contributed by atoms with E-state index >= 15 is 0 Å². The Morgan fingerprint density at radius 1 is 0.792 bits per heavy atom. The normalized spacial score (nSPS) is 15.0. The van der Waals surface area contributed by atoms with Crippen molar-refractivity contribution in [2.45, 2.75) is 0 Å². The van der Waals surface area contributed by atoms with Crippen LogP contribution in [0.4, 0.5) is 17.1 Å². The van der Waals surface area contributed by atoms with Gasteiger partial charge in [-0.25, -0.2) is 4.99 Å². The van der Waals surface area contributed by atoms with Crippen LogP contribution in [0.1, 0.15) is 5.56 Å². The summed E-state index contributed by atoms with van der Waals surface area (Å²) in [6.07, 6.45) is 0. The standard InChI is InChI=1S/C20H13ClN2O/c21-14-10-12-15(13-11-14)22-19-17-8-4-5-9-18(17)23(20(19)24)16-6-2-1-3-7-16/h1-13H. The van der Waals surface area contributed by atoms with Gasteiger partial charge in [-0.1, -0.05) is 48.0 Å². The first-order chi connectivity index (χ1) is 11.7. The van der Waals surface area contributed by atoms with Gasteiger partial charge in [0.15, 0.2) is 0 Å². The molecule has 3 aromatic carbocycles. The van der Waals surface area contributed by atoms with Gasteiger partial charge in [-0.15, -0.1) is 0 Å². The summed E-state index contributed by atoms with van der Waals surface area (Å²) in [6.45, 7) is 0. The molecule has 0 saturated heterocycles. The van der Waals surface area contributed by atoms with E-state index in [0.717, 1.165) is 16.9 Å². The summed E-state index contributed by atoms with van der Waals surface area (Å²) < 4.78 is 0. The second-order valence-corrected chi connectivity index (χ2v) is 5.87. The number of carbonyl (C=O) groups excluding carboxylic acids is 1. The van der Waals surface area contributed by atoms with E-state index < -0.39 is 0 Å². The Labute approximate surface area is 144 Å². The summed E-state index contributed by atoms with van der Waals surface area (Å²) in [4.78, 5) is 19.3. The molecule has 0 atom stereocenters. The van der Waals surface area contributed by atoms with Crippen molar-refractivity contribution < 1.29 is 4.79 Å². The van der Waals surface area contributed by atoms with Crippen LogP contribution in [-0.4, -0.2) is 11.6 Å². The number of fused-ring (bicyclic) bond motifs is 1. The van der Waals surface area contributed by atoms with E-state index in [4.69, 9.17) is 11.6 Å². The second-order valence-electron chi connectivity index (χ2n) is 5.43. The molecule has 1 amide bonds. The van der Waals surface area contributed by atoms with Crippen LogP contribution in [-0.2, 0) is 4.79 Å². The van der Waals surface area contributed by atoms with E-state index in [9.17, 15) is 4.79 Å². The van der Waals surface area contributed by atoms with E-state index in [1.54, 1.807) is 29.2 Å². The maximum absolute atomic E-state index is 13.0. The third-order valence-corrected chi connectivity index (χ3v) is 4.14. The SMILES string of the molecule is O=C1C(=Nc2ccc(Cl)cc2)c2ccccc2N1c1ccccc1. The van der Waals surface area contributed by atoms with Crippen LogP contribution in [0, 0.1) is 0 Å². The Morgan fingerprint density at radius 3 is 2.21 bits per heavy atom. The largest absolute Gasteiger partial charge is 0.282 e. The topological polar surface area (TPSA) is 32.7 Å². The maximum Gasteiger partial charge on any atom is 0.282 e. The molecule has 0 bridgehead atoms. The minimum atomic E-state index is -0.127. The van der Waals surface area contributed by atoms with Crippen LogP contribution in [0.25, 0.3) is 0 Å². The average molecular weight is 333 g/mol. The highest BCUT2D eigenvalue weighted by atomic mass is 35.5. The average Bonchev–Trinajstić information content (AvgIpc) is 2.90. The van der Waals surface area contributed by atoms with Crippen molar-refractivity contribution in [3.8, 4) is 0 Å². The van der Waals surface area contributed by atoms with E-state index in [0.29, 0.717) is 16.4 Å². The van der Waals surface area contributed by atoms with Crippen LogP contribution >= 0.6 is 11.6 Å². The Bertz CT molecular complexity index is 933. The van der Waals surface area contributed by atoms with Crippen LogP contribution in [0.2, 0.25) is 5.02 Å². The van der Waals surface area contributed by atoms with Gasteiger partial charge >= 0.3 is 0 Å². The zero-order valence-corrected chi connectivity index (χ0v) is 13.4. The lowest BCUT2D eigenvalue weighted by Crippen LogP contribution is -2.25. The Kier molecular flexibility index (Phi) is 3.63. The van der Waals surface area contributed by atoms with Gasteiger partial charge in [0, 0.05) is 16.3 Å². The molecule has 1 heterocycles. The molecule has 4 rings (SSSR count). The third-order valence-electron chi connectivity index (χ3n) is 3.89. The fraction of sp³-hybridized carbons (Fsp3) is 0. The number of hydrogen-bond donors (Lipinski definition) is 0. The highest BCUT2D eigenvalue weighted by Gasteiger charge is 2.34. The number of para-hydroxylation sites is 2. The maximum atomic E-state index is 13.0. The molecule has 116 valence electrons. The zero-order chi connectivity index (χ0) is 16.5. The van der Waals surface area contributed by atoms with Gasteiger partial charge < -0.3 is 0 Å². The third kappa shape index (κ3) is 2.49. The van der Waals surface area contributed by atoms with Crippen LogP contribution in [0.5, 0.6) is 0 Å². The summed E-state index contributed by atoms with van der Waals surface area (Å²) >= 11 is 5.92. The van der Waals surface area contributed by atoms with E-state index in [-0.39, 0.29) is 5.91 Å². The predicted octanol–water partition coefficient (Wildman–Crippen LogP) is 5.14. The number of amides is 1. The summed E-state index contributed by atoms with van der Waals surface area (Å²) in [5.41, 5.74) is 3.66. The molecule has 1 aliphatic heterocycles. The van der Waals surface area contributed by atoms with Gasteiger partial charge in [0.1, 0.15) is 5.71 Å². The second kappa shape index (κ2) is 5.95. The molecule has 0 N–H and O–H groups in total. The minimum absolute atomic E-state index is 0.127. The first-order valence-corrected chi connectivity index (χ1v) is 7.95. The van der Waals surface area contributed by atoms with Gasteiger partial charge in [0.2, 0.25) is 0 Å². The Hall–Kier alpha value is -2.91. The number of aliphatic imine (C=N–C) groups is 1. The van der Waals surface area contributed by atoms with Crippen LogP contribution in [0.15, 0.2) is 83.9 Å². The number of halogens is 1. The number of rotatable bonds is 2. The predicted molar refractivity (Wildman–Crippen MR) is 97.7 cm³/mol. The summed E-state index contributed by atoms with van der Waals surface area (Å²) in [5.74, 6) is -0.127. The molecule has 0 unspecified atom stereocenters. The molecule has 0 saturated carbocycles. The molecule has 0 radical (unpaired) electrons. The van der Waals surface area contributed by atoms with Crippen LogP contribution in [0.3, 0.4) is 0 Å². The molecule has 4 heteroatoms. The van der Waals surface area contributed by atoms with Crippen molar-refractivity contribution >= 4 is 40.3 Å². The molecule has 3 aromatic rings. The van der Waals surface area contributed by atoms with Gasteiger partial charge in [0.25, 0.3) is 5.91 Å². The first-order valence-electron chi connectivity index (χ1n) is 7.57. The number of hydrogen-bond acceptors (Lipinski definition) is 2. The smallest absolute Gasteiger partial charge is 0.275 e. The fourth-order valence-corrected chi connectivity index (χ4v) is 2.91. The molecule has 1 aliphatic rings. The monoisotopic (exact) mass is 332 g/mol. The van der Waals surface area contributed by atoms with Crippen molar-refractivity contribution in [3.05, 3.63) is 89.4 Å². The lowest BCUT2D eigenvalue weighted by molar-refractivity contribution is -0.111. The van der Waals surface area contributed by atoms with E-state index in [1.165, 1.54) is 0 Å². The van der Waals surface area contributed by atoms with Crippen molar-refractivity contribution in [2.24, 2.45) is 4.99 Å². The first kappa shape index (κ1) is 14.7. The van der Waals surface area contributed by atoms with Crippen molar-refractivity contribution in [3.63, 3.8) is 0 Å². The summed E-state index contributed by atoms with van der Waals surface area (Å²) in [7, 11) is 0. The van der Waals surface area contributed by atoms with Gasteiger partial charge in [-0.2, -0.15) is 0 Å². The molecule has 0 aliphatic carbocycles. The molecule has 24 heavy (non-hydrogen) atoms. The molecule has 0 spiro atoms. The van der Waals surface area contributed by atoms with Gasteiger partial charge in [0.05, 0.1) is 11.4 Å². The van der Waals surface area contributed by atoms with Crippen molar-refractivity contribution in [2.75, 3.05) is 4.90 Å². The van der Waals surface area contributed by atoms with Crippen molar-refractivity contribution in [1.82, 2.24) is 0 Å². The highest BCUT2D eigenvalue weighted by Crippen LogP contribution is 2.36. The summed E-state index contributed by atoms with van der Waals surface area (Å²) in [5, 5.41) is 0.642. The van der Waals surface area contributed by atoms with E-state index in [1.807, 2.05) is 54.6 Å². The lowest BCUT2D eigenvalue weighted by atomic mass is 10.1. The molecule has 0 fully saturated rings. The minimum Gasteiger partial charge on any atom is -0.275 e. The number of anilines is 2. The molecule has 0 aromatic heterocycles. The van der Waals surface area contributed by atoms with Crippen LogP contribution < -0.4 is 4.90 Å². The molecular weight excluding hydrogens is 320 g/mol. The number of carbonyl (C=O) groups is 1. The van der Waals surface area contributed by atoms with Gasteiger partial charge in [-0.05, 0) is 42.5 Å². The van der Waals surface area contributed by atoms with Gasteiger partial charge in [-0.3, -0.25) is 9.69 Å². The fourth-order valence-electron chi connectivity index (χ4n) is 2.79. The van der Waals surface area contributed by atoms with E-state index in [2.05, 4.69) is 4.99 Å². The Morgan fingerprint density at radius 2 is 1.46 bits per heavy atom. The highest BCUT2D eigenvalue weighted by molar-refractivity contribution is 6.56. The number of benzene rings is 3. The summed E-state index contributed by atoms with van der Waals surface area (Å²) in [6, 6.07) is 24.4. The number of nitrogens with zero attached hydrogens (tertiary/aromatic N) is 2. The molecular formula is C20H13ClN2O. The molecule has 3 nitrogen and oxygen atoms in total. The quantitative estimate of drug-likeness (QED) is 0.639. The lowest BCUT2D eigenvalue weighted by Gasteiger charge is -2.16. The zero-order valence-electron chi connectivity index (χ0n) is 12.7.